The maximum atomic E-state index is 12.9. The Bertz CT molecular complexity index is 1080. The second-order valence-corrected chi connectivity index (χ2v) is 10.1. The second-order valence-electron chi connectivity index (χ2n) is 10.1. The molecule has 0 aliphatic heterocycles. The highest BCUT2D eigenvalue weighted by Gasteiger charge is 2.23. The summed E-state index contributed by atoms with van der Waals surface area (Å²) >= 11 is 0. The van der Waals surface area contributed by atoms with E-state index in [4.69, 9.17) is 37.9 Å². The molecule has 0 fully saturated rings. The number of nitrogens with zero attached hydrogens (tertiary/aromatic N) is 2. The van der Waals surface area contributed by atoms with E-state index in [0.29, 0.717) is 58.7 Å². The molecule has 2 rings (SSSR count). The molecule has 0 unspecified atom stereocenters. The Morgan fingerprint density at radius 3 is 1.09 bits per heavy atom. The van der Waals surface area contributed by atoms with Gasteiger partial charge in [0.2, 0.25) is 11.5 Å². The third-order valence-corrected chi connectivity index (χ3v) is 7.61. The topological polar surface area (TPSA) is 114 Å². The van der Waals surface area contributed by atoms with E-state index < -0.39 is 11.9 Å². The Balaban J connectivity index is 1.95. The number of rotatable bonds is 19. The van der Waals surface area contributed by atoms with Gasteiger partial charge in [-0.1, -0.05) is 13.8 Å². The molecule has 0 N–H and O–H groups in total. The van der Waals surface area contributed by atoms with Gasteiger partial charge in [0.1, 0.15) is 13.2 Å². The standard InChI is InChI=1S/C32H48N2O10/c1-11-23(19-43-31(35)21-15-25(37-5)29(41-9)26(16-21)38-6)33(3)13-14-34(4)24(12-2)20-44-32(36)22-17-27(39-7)30(42-10)28(18-22)40-8/h15-18,23-24H,11-14,19-20H2,1-10H3/t23-,24-/m1/s1. The molecule has 0 heterocycles. The van der Waals surface area contributed by atoms with Crippen molar-refractivity contribution in [3.63, 3.8) is 0 Å². The predicted octanol–water partition coefficient (Wildman–Crippen LogP) is 4.17. The van der Waals surface area contributed by atoms with E-state index in [0.717, 1.165) is 12.8 Å². The van der Waals surface area contributed by atoms with Crippen LogP contribution in [0.15, 0.2) is 24.3 Å². The molecule has 44 heavy (non-hydrogen) atoms. The van der Waals surface area contributed by atoms with Crippen LogP contribution < -0.4 is 28.4 Å². The minimum atomic E-state index is -0.479. The fraction of sp³-hybridized carbons (Fsp3) is 0.562. The molecule has 2 aromatic carbocycles. The molecule has 0 amide bonds. The molecular formula is C32H48N2O10. The molecule has 0 saturated heterocycles. The molecule has 0 spiro atoms. The van der Waals surface area contributed by atoms with E-state index in [9.17, 15) is 9.59 Å². The van der Waals surface area contributed by atoms with Crippen molar-refractivity contribution in [1.82, 2.24) is 9.80 Å². The Kier molecular flexibility index (Phi) is 14.9. The van der Waals surface area contributed by atoms with Crippen molar-refractivity contribution in [3.8, 4) is 34.5 Å². The Morgan fingerprint density at radius 2 is 0.864 bits per heavy atom. The highest BCUT2D eigenvalue weighted by molar-refractivity contribution is 5.91. The molecule has 0 radical (unpaired) electrons. The van der Waals surface area contributed by atoms with E-state index in [2.05, 4.69) is 23.6 Å². The summed E-state index contributed by atoms with van der Waals surface area (Å²) in [5.74, 6) is 1.38. The zero-order chi connectivity index (χ0) is 32.8. The minimum absolute atomic E-state index is 0.00678. The van der Waals surface area contributed by atoms with Gasteiger partial charge in [0.05, 0.1) is 53.8 Å². The van der Waals surface area contributed by atoms with Gasteiger partial charge in [-0.2, -0.15) is 0 Å². The lowest BCUT2D eigenvalue weighted by Gasteiger charge is -2.31. The summed E-state index contributed by atoms with van der Waals surface area (Å²) in [6.07, 6.45) is 1.57. The van der Waals surface area contributed by atoms with Gasteiger partial charge in [-0.15, -0.1) is 0 Å². The molecular weight excluding hydrogens is 572 g/mol. The van der Waals surface area contributed by atoms with Crippen molar-refractivity contribution in [3.05, 3.63) is 35.4 Å². The quantitative estimate of drug-likeness (QED) is 0.210. The summed E-state index contributed by atoms with van der Waals surface area (Å²) in [4.78, 5) is 30.1. The Labute approximate surface area is 261 Å². The number of likely N-dealkylation sites (N-methyl/N-ethyl adjacent to an activating group) is 2. The number of esters is 2. The number of methoxy groups -OCH3 is 6. The number of ether oxygens (including phenoxy) is 8. The first-order valence-electron chi connectivity index (χ1n) is 14.5. The molecule has 246 valence electrons. The SMILES string of the molecule is CC[C@H](COC(=O)c1cc(OC)c(OC)c(OC)c1)N(C)CCN(C)[C@H](CC)COC(=O)c1cc(OC)c(OC)c(OC)c1. The fourth-order valence-electron chi connectivity index (χ4n) is 4.70. The highest BCUT2D eigenvalue weighted by atomic mass is 16.5. The van der Waals surface area contributed by atoms with Gasteiger partial charge in [-0.25, -0.2) is 9.59 Å². The van der Waals surface area contributed by atoms with Crippen LogP contribution in [0, 0.1) is 0 Å². The third-order valence-electron chi connectivity index (χ3n) is 7.61. The van der Waals surface area contributed by atoms with E-state index >= 15 is 0 Å². The van der Waals surface area contributed by atoms with Crippen LogP contribution in [0.5, 0.6) is 34.5 Å². The van der Waals surface area contributed by atoms with Crippen molar-refractivity contribution in [2.24, 2.45) is 0 Å². The lowest BCUT2D eigenvalue weighted by molar-refractivity contribution is 0.0303. The molecule has 2 aromatic rings. The lowest BCUT2D eigenvalue weighted by atomic mass is 10.1. The van der Waals surface area contributed by atoms with Gasteiger partial charge in [-0.3, -0.25) is 9.80 Å². The number of benzene rings is 2. The summed E-state index contributed by atoms with van der Waals surface area (Å²) in [5.41, 5.74) is 0.618. The molecule has 0 aromatic heterocycles. The van der Waals surface area contributed by atoms with Gasteiger partial charge in [0.25, 0.3) is 0 Å². The second kappa shape index (κ2) is 18.0. The zero-order valence-electron chi connectivity index (χ0n) is 27.7. The molecule has 0 aliphatic carbocycles. The number of hydrogen-bond acceptors (Lipinski definition) is 12. The smallest absolute Gasteiger partial charge is 0.338 e. The molecule has 0 saturated carbocycles. The van der Waals surface area contributed by atoms with Crippen LogP contribution in [0.3, 0.4) is 0 Å². The van der Waals surface area contributed by atoms with Crippen LogP contribution >= 0.6 is 0 Å². The number of carbonyl (C=O) groups excluding carboxylic acids is 2. The van der Waals surface area contributed by atoms with Crippen LogP contribution in [-0.4, -0.2) is 117 Å². The molecule has 12 heteroatoms. The van der Waals surface area contributed by atoms with Crippen molar-refractivity contribution in [1.29, 1.82) is 0 Å². The van der Waals surface area contributed by atoms with Crippen LogP contribution in [-0.2, 0) is 9.47 Å². The van der Waals surface area contributed by atoms with Crippen molar-refractivity contribution < 1.29 is 47.5 Å². The predicted molar refractivity (Wildman–Crippen MR) is 166 cm³/mol. The third kappa shape index (κ3) is 9.30. The van der Waals surface area contributed by atoms with Gasteiger partial charge >= 0.3 is 11.9 Å². The molecule has 0 aliphatic rings. The molecule has 12 nitrogen and oxygen atoms in total. The van der Waals surface area contributed by atoms with E-state index in [1.807, 2.05) is 14.1 Å². The maximum Gasteiger partial charge on any atom is 0.338 e. The largest absolute Gasteiger partial charge is 0.493 e. The van der Waals surface area contributed by atoms with Crippen molar-refractivity contribution in [2.45, 2.75) is 38.8 Å². The first kappa shape index (κ1) is 36.3. The van der Waals surface area contributed by atoms with Gasteiger partial charge < -0.3 is 37.9 Å². The number of carbonyl (C=O) groups is 2. The van der Waals surface area contributed by atoms with Crippen molar-refractivity contribution in [2.75, 3.05) is 83.1 Å². The molecule has 0 bridgehead atoms. The van der Waals surface area contributed by atoms with Crippen LogP contribution in [0.4, 0.5) is 0 Å². The highest BCUT2D eigenvalue weighted by Crippen LogP contribution is 2.39. The zero-order valence-corrected chi connectivity index (χ0v) is 27.7. The van der Waals surface area contributed by atoms with E-state index in [1.165, 1.54) is 42.7 Å². The van der Waals surface area contributed by atoms with Gasteiger partial charge in [0, 0.05) is 25.2 Å². The first-order valence-corrected chi connectivity index (χ1v) is 14.5. The lowest BCUT2D eigenvalue weighted by Crippen LogP contribution is -2.44. The minimum Gasteiger partial charge on any atom is -0.493 e. The first-order chi connectivity index (χ1) is 21.1. The average molecular weight is 621 g/mol. The Hall–Kier alpha value is -3.90. The van der Waals surface area contributed by atoms with E-state index in [-0.39, 0.29) is 25.3 Å². The summed E-state index contributed by atoms with van der Waals surface area (Å²) in [7, 11) is 13.0. The number of hydrogen-bond donors (Lipinski definition) is 0. The van der Waals surface area contributed by atoms with E-state index in [1.54, 1.807) is 24.3 Å². The summed E-state index contributed by atoms with van der Waals surface area (Å²) in [5, 5.41) is 0. The summed E-state index contributed by atoms with van der Waals surface area (Å²) < 4.78 is 43.4. The summed E-state index contributed by atoms with van der Waals surface area (Å²) in [6, 6.07) is 6.30. The average Bonchev–Trinajstić information content (AvgIpc) is 3.05. The van der Waals surface area contributed by atoms with Crippen LogP contribution in [0.25, 0.3) is 0 Å². The van der Waals surface area contributed by atoms with Gasteiger partial charge in [0.15, 0.2) is 23.0 Å². The molecule has 2 atom stereocenters. The van der Waals surface area contributed by atoms with Crippen molar-refractivity contribution >= 4 is 11.9 Å². The van der Waals surface area contributed by atoms with Crippen LogP contribution in [0.1, 0.15) is 47.4 Å². The summed E-state index contributed by atoms with van der Waals surface area (Å²) in [6.45, 7) is 5.97. The monoisotopic (exact) mass is 620 g/mol. The Morgan fingerprint density at radius 1 is 0.568 bits per heavy atom. The van der Waals surface area contributed by atoms with Crippen LogP contribution in [0.2, 0.25) is 0 Å². The maximum absolute atomic E-state index is 12.9. The normalized spacial score (nSPS) is 12.4. The van der Waals surface area contributed by atoms with Gasteiger partial charge in [-0.05, 0) is 51.2 Å². The fourth-order valence-corrected chi connectivity index (χ4v) is 4.70.